The van der Waals surface area contributed by atoms with Crippen LogP contribution >= 0.6 is 0 Å². The van der Waals surface area contributed by atoms with Crippen molar-refractivity contribution in [2.24, 2.45) is 0 Å². The van der Waals surface area contributed by atoms with Crippen LogP contribution in [-0.4, -0.2) is 16.1 Å². The minimum Gasteiger partial charge on any atom is -0.0656 e. The van der Waals surface area contributed by atoms with Crippen LogP contribution in [0.25, 0.3) is 55.3 Å². The maximum Gasteiger partial charge on any atom is 0.0783 e. The van der Waals surface area contributed by atoms with Gasteiger partial charge in [0.15, 0.2) is 0 Å². The molecule has 1 aliphatic rings. The van der Waals surface area contributed by atoms with Crippen molar-refractivity contribution in [1.29, 1.82) is 0 Å². The molecule has 0 amide bonds. The van der Waals surface area contributed by atoms with E-state index in [9.17, 15) is 0 Å². The standard InChI is InChI=1S/C34H34Si2/c1-35(2,3)33-29(24-15-9-7-10-16-24)31-26-21-13-19-23-20-14-22-27(28(23)26)32(31)30(34(33)36(4,5)6)25-17-11-8-12-18-25/h7-22H,1-6H3. The summed E-state index contributed by atoms with van der Waals surface area (Å²) in [5.74, 6) is 0. The molecule has 0 bridgehead atoms. The van der Waals surface area contributed by atoms with E-state index >= 15 is 0 Å². The van der Waals surface area contributed by atoms with Crippen LogP contribution in [0.15, 0.2) is 97.1 Å². The van der Waals surface area contributed by atoms with Crippen LogP contribution < -0.4 is 10.4 Å². The second-order valence-electron chi connectivity index (χ2n) is 12.2. The molecule has 0 heterocycles. The molecule has 0 saturated heterocycles. The van der Waals surface area contributed by atoms with Crippen molar-refractivity contribution in [3.05, 3.63) is 97.1 Å². The van der Waals surface area contributed by atoms with Crippen LogP contribution in [0, 0.1) is 0 Å². The Morgan fingerprint density at radius 1 is 0.389 bits per heavy atom. The Bertz CT molecular complexity index is 1500. The van der Waals surface area contributed by atoms with Crippen LogP contribution in [0.4, 0.5) is 0 Å². The molecule has 0 fully saturated rings. The molecule has 5 aromatic rings. The second kappa shape index (κ2) is 8.16. The van der Waals surface area contributed by atoms with Crippen LogP contribution in [0.3, 0.4) is 0 Å². The molecule has 0 saturated carbocycles. The molecule has 0 N–H and O–H groups in total. The van der Waals surface area contributed by atoms with E-state index in [2.05, 4.69) is 136 Å². The zero-order valence-corrected chi connectivity index (χ0v) is 24.2. The molecule has 0 radical (unpaired) electrons. The van der Waals surface area contributed by atoms with Gasteiger partial charge in [0.25, 0.3) is 0 Å². The molecular formula is C34H34Si2. The van der Waals surface area contributed by atoms with E-state index in [4.69, 9.17) is 0 Å². The summed E-state index contributed by atoms with van der Waals surface area (Å²) in [6, 6.07) is 36.2. The first kappa shape index (κ1) is 23.2. The average Bonchev–Trinajstić information content (AvgIpc) is 3.19. The van der Waals surface area contributed by atoms with Crippen molar-refractivity contribution in [3.63, 3.8) is 0 Å². The van der Waals surface area contributed by atoms with Gasteiger partial charge in [0.2, 0.25) is 0 Å². The molecule has 36 heavy (non-hydrogen) atoms. The van der Waals surface area contributed by atoms with E-state index in [1.165, 1.54) is 55.3 Å². The number of benzene rings is 5. The fourth-order valence-corrected chi connectivity index (χ4v) is 12.4. The Hall–Kier alpha value is -3.21. The van der Waals surface area contributed by atoms with Crippen molar-refractivity contribution in [2.75, 3.05) is 0 Å². The van der Waals surface area contributed by atoms with Crippen molar-refractivity contribution in [3.8, 4) is 44.5 Å². The van der Waals surface area contributed by atoms with Crippen LogP contribution in [0.2, 0.25) is 39.3 Å². The molecule has 6 rings (SSSR count). The quantitative estimate of drug-likeness (QED) is 0.213. The minimum absolute atomic E-state index is 1.34. The van der Waals surface area contributed by atoms with Gasteiger partial charge in [-0.1, -0.05) is 147 Å². The molecule has 0 nitrogen and oxygen atoms in total. The Morgan fingerprint density at radius 2 is 0.778 bits per heavy atom. The van der Waals surface area contributed by atoms with E-state index in [1.54, 1.807) is 10.4 Å². The Kier molecular flexibility index (Phi) is 5.26. The molecule has 0 aromatic heterocycles. The van der Waals surface area contributed by atoms with Gasteiger partial charge in [0, 0.05) is 0 Å². The summed E-state index contributed by atoms with van der Waals surface area (Å²) < 4.78 is 0. The van der Waals surface area contributed by atoms with Gasteiger partial charge in [0.05, 0.1) is 16.1 Å². The Morgan fingerprint density at radius 3 is 1.14 bits per heavy atom. The predicted molar refractivity (Wildman–Crippen MR) is 165 cm³/mol. The van der Waals surface area contributed by atoms with Crippen molar-refractivity contribution in [1.82, 2.24) is 0 Å². The third kappa shape index (κ3) is 3.47. The Balaban J connectivity index is 1.96. The summed E-state index contributed by atoms with van der Waals surface area (Å²) in [4.78, 5) is 0. The van der Waals surface area contributed by atoms with Gasteiger partial charge in [-0.25, -0.2) is 0 Å². The number of rotatable bonds is 4. The second-order valence-corrected chi connectivity index (χ2v) is 22.2. The lowest BCUT2D eigenvalue weighted by Gasteiger charge is -2.36. The summed E-state index contributed by atoms with van der Waals surface area (Å²) in [6.07, 6.45) is 0. The van der Waals surface area contributed by atoms with Crippen molar-refractivity contribution in [2.45, 2.75) is 39.3 Å². The van der Waals surface area contributed by atoms with Gasteiger partial charge < -0.3 is 0 Å². The number of hydrogen-bond acceptors (Lipinski definition) is 0. The minimum atomic E-state index is -1.77. The highest BCUT2D eigenvalue weighted by atomic mass is 28.3. The monoisotopic (exact) mass is 498 g/mol. The fraction of sp³-hybridized carbons (Fsp3) is 0.176. The highest BCUT2D eigenvalue weighted by Gasteiger charge is 2.39. The molecule has 178 valence electrons. The third-order valence-corrected chi connectivity index (χ3v) is 11.8. The van der Waals surface area contributed by atoms with Crippen LogP contribution in [0.1, 0.15) is 0 Å². The first-order valence-corrected chi connectivity index (χ1v) is 20.1. The van der Waals surface area contributed by atoms with Gasteiger partial charge in [-0.15, -0.1) is 0 Å². The van der Waals surface area contributed by atoms with E-state index in [-0.39, 0.29) is 0 Å². The summed E-state index contributed by atoms with van der Waals surface area (Å²) in [5.41, 5.74) is 11.4. The SMILES string of the molecule is C[Si](C)(C)c1c(-c2ccccc2)c2c(c(-c3ccccc3)c1[Si](C)(C)C)-c1cccc3cccc-2c13. The summed E-state index contributed by atoms with van der Waals surface area (Å²) in [5, 5.41) is 6.08. The van der Waals surface area contributed by atoms with Gasteiger partial charge >= 0.3 is 0 Å². The summed E-state index contributed by atoms with van der Waals surface area (Å²) >= 11 is 0. The number of hydrogen-bond donors (Lipinski definition) is 0. The normalized spacial score (nSPS) is 12.7. The van der Waals surface area contributed by atoms with E-state index in [0.29, 0.717) is 0 Å². The van der Waals surface area contributed by atoms with Gasteiger partial charge in [-0.2, -0.15) is 0 Å². The highest BCUT2D eigenvalue weighted by molar-refractivity contribution is 7.00. The first-order chi connectivity index (χ1) is 17.2. The molecule has 0 unspecified atom stereocenters. The van der Waals surface area contributed by atoms with Crippen LogP contribution in [-0.2, 0) is 0 Å². The summed E-state index contributed by atoms with van der Waals surface area (Å²) in [6.45, 7) is 15.3. The zero-order chi connectivity index (χ0) is 25.2. The zero-order valence-electron chi connectivity index (χ0n) is 22.2. The molecule has 0 aliphatic heterocycles. The Labute approximate surface area is 217 Å². The van der Waals surface area contributed by atoms with E-state index in [1.807, 2.05) is 0 Å². The van der Waals surface area contributed by atoms with E-state index in [0.717, 1.165) is 0 Å². The molecule has 1 aliphatic carbocycles. The number of fused-ring (bicyclic) bond motifs is 3. The molecule has 0 atom stereocenters. The van der Waals surface area contributed by atoms with Crippen LogP contribution in [0.5, 0.6) is 0 Å². The van der Waals surface area contributed by atoms with E-state index < -0.39 is 16.1 Å². The first-order valence-electron chi connectivity index (χ1n) is 13.1. The maximum absolute atomic E-state index is 2.54. The molecule has 5 aromatic carbocycles. The van der Waals surface area contributed by atoms with Crippen molar-refractivity contribution >= 4 is 37.3 Å². The smallest absolute Gasteiger partial charge is 0.0656 e. The third-order valence-electron chi connectivity index (χ3n) is 7.57. The fourth-order valence-electron chi connectivity index (χ4n) is 6.33. The van der Waals surface area contributed by atoms with Gasteiger partial charge in [-0.05, 0) is 55.3 Å². The predicted octanol–water partition coefficient (Wildman–Crippen LogP) is 8.91. The summed E-state index contributed by atoms with van der Waals surface area (Å²) in [7, 11) is -3.55. The molecule has 0 spiro atoms. The molecule has 2 heteroatoms. The highest BCUT2D eigenvalue weighted by Crippen LogP contribution is 2.54. The van der Waals surface area contributed by atoms with Gasteiger partial charge in [0.1, 0.15) is 0 Å². The lowest BCUT2D eigenvalue weighted by Crippen LogP contribution is -2.58. The maximum atomic E-state index is 2.54. The topological polar surface area (TPSA) is 0 Å². The largest absolute Gasteiger partial charge is 0.0783 e. The molecular weight excluding hydrogens is 465 g/mol. The van der Waals surface area contributed by atoms with Crippen molar-refractivity contribution < 1.29 is 0 Å². The average molecular weight is 499 g/mol. The lowest BCUT2D eigenvalue weighted by atomic mass is 9.87. The lowest BCUT2D eigenvalue weighted by molar-refractivity contribution is 1.59. The van der Waals surface area contributed by atoms with Gasteiger partial charge in [-0.3, -0.25) is 0 Å².